The summed E-state index contributed by atoms with van der Waals surface area (Å²) in [5, 5.41) is 0. The van der Waals surface area contributed by atoms with Crippen molar-refractivity contribution in [3.63, 3.8) is 0 Å². The summed E-state index contributed by atoms with van der Waals surface area (Å²) >= 11 is 0. The van der Waals surface area contributed by atoms with Crippen LogP contribution in [0.15, 0.2) is 60.6 Å². The highest BCUT2D eigenvalue weighted by atomic mass is 19.1. The lowest BCUT2D eigenvalue weighted by Gasteiger charge is -2.32. The smallest absolute Gasteiger partial charge is 0.250 e. The Morgan fingerprint density at radius 1 is 1.22 bits per heavy atom. The predicted octanol–water partition coefficient (Wildman–Crippen LogP) is 4.82. The van der Waals surface area contributed by atoms with Gasteiger partial charge in [0.2, 0.25) is 5.91 Å². The number of amides is 1. The first-order chi connectivity index (χ1) is 15.4. The second-order valence-corrected chi connectivity index (χ2v) is 8.31. The quantitative estimate of drug-likeness (QED) is 0.524. The largest absolute Gasteiger partial charge is 0.495 e. The number of piperidine rings is 1. The number of nitrogens with zero attached hydrogens (tertiary/aromatic N) is 3. The molecule has 166 valence electrons. The summed E-state index contributed by atoms with van der Waals surface area (Å²) in [6, 6.07) is 12.4. The van der Waals surface area contributed by atoms with E-state index in [0.717, 1.165) is 46.8 Å². The third-order valence-electron chi connectivity index (χ3n) is 6.00. The molecule has 6 heteroatoms. The van der Waals surface area contributed by atoms with Crippen LogP contribution in [0.25, 0.3) is 11.8 Å². The Balaban J connectivity index is 1.53. The number of imidazole rings is 1. The van der Waals surface area contributed by atoms with Gasteiger partial charge in [0.15, 0.2) is 0 Å². The molecule has 4 rings (SSSR count). The van der Waals surface area contributed by atoms with Crippen LogP contribution in [0.3, 0.4) is 0 Å². The van der Waals surface area contributed by atoms with Crippen LogP contribution < -0.4 is 4.74 Å². The van der Waals surface area contributed by atoms with Gasteiger partial charge in [0, 0.05) is 24.9 Å². The fraction of sp³-hybridized carbons (Fsp3) is 0.308. The molecule has 1 aromatic heterocycles. The molecule has 1 atom stereocenters. The van der Waals surface area contributed by atoms with Gasteiger partial charge in [-0.05, 0) is 67.2 Å². The van der Waals surface area contributed by atoms with Gasteiger partial charge in [-0.25, -0.2) is 9.37 Å². The molecule has 0 saturated carbocycles. The summed E-state index contributed by atoms with van der Waals surface area (Å²) in [6.45, 7) is 5.40. The Morgan fingerprint density at radius 3 is 2.69 bits per heavy atom. The Hall–Kier alpha value is -3.41. The van der Waals surface area contributed by atoms with Crippen molar-refractivity contribution >= 4 is 12.0 Å². The molecule has 2 heterocycles. The van der Waals surface area contributed by atoms with Gasteiger partial charge in [-0.3, -0.25) is 4.79 Å². The molecule has 3 aromatic rings. The first-order valence-electron chi connectivity index (χ1n) is 10.9. The molecule has 5 nitrogen and oxygen atoms in total. The number of rotatable bonds is 6. The molecule has 1 saturated heterocycles. The van der Waals surface area contributed by atoms with E-state index in [9.17, 15) is 9.18 Å². The maximum absolute atomic E-state index is 13.2. The zero-order chi connectivity index (χ0) is 22.7. The van der Waals surface area contributed by atoms with E-state index in [-0.39, 0.29) is 17.6 Å². The van der Waals surface area contributed by atoms with Crippen LogP contribution in [0, 0.1) is 18.7 Å². The second-order valence-electron chi connectivity index (χ2n) is 8.31. The minimum Gasteiger partial charge on any atom is -0.495 e. The highest BCUT2D eigenvalue weighted by molar-refractivity contribution is 5.99. The number of likely N-dealkylation sites (tertiary alicyclic amines) is 1. The van der Waals surface area contributed by atoms with Gasteiger partial charge < -0.3 is 14.2 Å². The molecule has 1 amide bonds. The Labute approximate surface area is 188 Å². The highest BCUT2D eigenvalue weighted by Crippen LogP contribution is 2.29. The molecule has 0 aliphatic carbocycles. The predicted molar refractivity (Wildman–Crippen MR) is 123 cm³/mol. The van der Waals surface area contributed by atoms with E-state index in [4.69, 9.17) is 4.74 Å². The van der Waals surface area contributed by atoms with E-state index in [0.29, 0.717) is 13.0 Å². The van der Waals surface area contributed by atoms with Gasteiger partial charge in [-0.15, -0.1) is 0 Å². The van der Waals surface area contributed by atoms with Gasteiger partial charge in [-0.1, -0.05) is 25.1 Å². The summed E-state index contributed by atoms with van der Waals surface area (Å²) in [4.78, 5) is 19.4. The minimum absolute atomic E-state index is 0.0686. The van der Waals surface area contributed by atoms with Gasteiger partial charge in [0.25, 0.3) is 0 Å². The van der Waals surface area contributed by atoms with Crippen molar-refractivity contribution in [2.24, 2.45) is 5.92 Å². The lowest BCUT2D eigenvalue weighted by atomic mass is 9.90. The summed E-state index contributed by atoms with van der Waals surface area (Å²) in [7, 11) is 1.64. The molecule has 0 N–H and O–H groups in total. The summed E-state index contributed by atoms with van der Waals surface area (Å²) in [6.07, 6.45) is 7.31. The number of carbonyl (C=O) groups is 1. The number of hydrogen-bond acceptors (Lipinski definition) is 3. The van der Waals surface area contributed by atoms with E-state index < -0.39 is 0 Å². The van der Waals surface area contributed by atoms with Crippen molar-refractivity contribution in [3.05, 3.63) is 83.2 Å². The van der Waals surface area contributed by atoms with E-state index in [1.807, 2.05) is 46.9 Å². The van der Waals surface area contributed by atoms with Crippen LogP contribution in [0.2, 0.25) is 0 Å². The molecule has 0 radical (unpaired) electrons. The molecule has 1 unspecified atom stereocenters. The normalized spacial score (nSPS) is 17.8. The van der Waals surface area contributed by atoms with Crippen LogP contribution >= 0.6 is 0 Å². The van der Waals surface area contributed by atoms with Crippen LogP contribution in [-0.4, -0.2) is 40.6 Å². The summed E-state index contributed by atoms with van der Waals surface area (Å²) in [5.41, 5.74) is 4.60. The van der Waals surface area contributed by atoms with E-state index in [1.165, 1.54) is 12.1 Å². The molecular weight excluding hydrogens is 405 g/mol. The van der Waals surface area contributed by atoms with Crippen LogP contribution in [-0.2, 0) is 11.2 Å². The number of aryl methyl sites for hydroxylation is 1. The topological polar surface area (TPSA) is 47.4 Å². The van der Waals surface area contributed by atoms with Crippen LogP contribution in [0.1, 0.15) is 30.2 Å². The molecule has 32 heavy (non-hydrogen) atoms. The third kappa shape index (κ3) is 4.74. The van der Waals surface area contributed by atoms with Crippen molar-refractivity contribution < 1.29 is 13.9 Å². The fourth-order valence-electron chi connectivity index (χ4n) is 4.06. The molecule has 1 aliphatic rings. The first-order valence-corrected chi connectivity index (χ1v) is 10.9. The highest BCUT2D eigenvalue weighted by Gasteiger charge is 2.28. The molecule has 1 aliphatic heterocycles. The Morgan fingerprint density at radius 2 is 2.00 bits per heavy atom. The van der Waals surface area contributed by atoms with E-state index in [2.05, 4.69) is 11.9 Å². The zero-order valence-corrected chi connectivity index (χ0v) is 18.7. The monoisotopic (exact) mass is 433 g/mol. The third-order valence-corrected chi connectivity index (χ3v) is 6.00. The van der Waals surface area contributed by atoms with Crippen molar-refractivity contribution in [2.45, 2.75) is 26.7 Å². The van der Waals surface area contributed by atoms with Crippen molar-refractivity contribution in [3.8, 4) is 11.4 Å². The van der Waals surface area contributed by atoms with Crippen LogP contribution in [0.5, 0.6) is 5.75 Å². The van der Waals surface area contributed by atoms with Gasteiger partial charge in [0.1, 0.15) is 11.6 Å². The Kier molecular flexibility index (Phi) is 6.40. The Bertz CT molecular complexity index is 1130. The van der Waals surface area contributed by atoms with Crippen molar-refractivity contribution in [1.29, 1.82) is 0 Å². The first kappa shape index (κ1) is 21.8. The van der Waals surface area contributed by atoms with Crippen LogP contribution in [0.4, 0.5) is 4.39 Å². The summed E-state index contributed by atoms with van der Waals surface area (Å²) in [5.74, 6) is 0.734. The standard InChI is InChI=1S/C26H28FN3O2/c1-18-10-12-29(13-11-20-4-7-22(27)8-5-20)26(31)23(18)14-21-6-9-24(25(15-21)32-3)30-16-19(2)28-17-30/h4-9,14-18H,10-13H2,1-3H3. The SMILES string of the molecule is COc1cc(C=C2C(=O)N(CCc3ccc(F)cc3)CCC2C)ccc1-n1cnc(C)c1. The lowest BCUT2D eigenvalue weighted by molar-refractivity contribution is -0.129. The van der Waals surface area contributed by atoms with Gasteiger partial charge in [-0.2, -0.15) is 0 Å². The van der Waals surface area contributed by atoms with Gasteiger partial charge >= 0.3 is 0 Å². The maximum Gasteiger partial charge on any atom is 0.250 e. The molecule has 0 spiro atoms. The van der Waals surface area contributed by atoms with E-state index >= 15 is 0 Å². The minimum atomic E-state index is -0.244. The molecular formula is C26H28FN3O2. The van der Waals surface area contributed by atoms with Crippen molar-refractivity contribution in [1.82, 2.24) is 14.5 Å². The van der Waals surface area contributed by atoms with Crippen molar-refractivity contribution in [2.75, 3.05) is 20.2 Å². The number of benzene rings is 2. The molecule has 2 aromatic carbocycles. The molecule has 0 bridgehead atoms. The van der Waals surface area contributed by atoms with Gasteiger partial charge in [0.05, 0.1) is 24.8 Å². The number of aromatic nitrogens is 2. The number of halogens is 1. The maximum atomic E-state index is 13.2. The number of hydrogen-bond donors (Lipinski definition) is 0. The number of carbonyl (C=O) groups excluding carboxylic acids is 1. The van der Waals surface area contributed by atoms with E-state index in [1.54, 1.807) is 25.6 Å². The number of ether oxygens (including phenoxy) is 1. The average molecular weight is 434 g/mol. The molecule has 1 fully saturated rings. The fourth-order valence-corrected chi connectivity index (χ4v) is 4.06. The summed E-state index contributed by atoms with van der Waals surface area (Å²) < 4.78 is 20.7. The average Bonchev–Trinajstić information content (AvgIpc) is 3.23. The number of methoxy groups -OCH3 is 1. The second kappa shape index (κ2) is 9.39. The zero-order valence-electron chi connectivity index (χ0n) is 18.7. The lowest BCUT2D eigenvalue weighted by Crippen LogP contribution is -2.41.